The summed E-state index contributed by atoms with van der Waals surface area (Å²) >= 11 is 1.60. The van der Waals surface area contributed by atoms with Crippen molar-refractivity contribution in [3.05, 3.63) is 22.6 Å². The van der Waals surface area contributed by atoms with Gasteiger partial charge in [0.1, 0.15) is 0 Å². The van der Waals surface area contributed by atoms with Gasteiger partial charge in [-0.25, -0.2) is 5.43 Å². The second-order valence-corrected chi connectivity index (χ2v) is 5.63. The molecule has 0 saturated carbocycles. The van der Waals surface area contributed by atoms with Crippen molar-refractivity contribution in [2.75, 3.05) is 7.11 Å². The molecule has 4 nitrogen and oxygen atoms in total. The molecule has 0 radical (unpaired) electrons. The molecule has 1 N–H and O–H groups in total. The average molecular weight is 278 g/mol. The van der Waals surface area contributed by atoms with E-state index in [1.807, 2.05) is 19.9 Å². The van der Waals surface area contributed by atoms with Crippen LogP contribution in [0.2, 0.25) is 0 Å². The lowest BCUT2D eigenvalue weighted by Gasteiger charge is -2.17. The van der Waals surface area contributed by atoms with Gasteiger partial charge < -0.3 is 4.74 Å². The van der Waals surface area contributed by atoms with E-state index in [9.17, 15) is 4.79 Å². The predicted octanol–water partition coefficient (Wildman–Crippen LogP) is 2.98. The molecule has 0 bridgehead atoms. The van der Waals surface area contributed by atoms with Crippen LogP contribution in [0.3, 0.4) is 0 Å². The molecule has 1 atom stereocenters. The molecular weight excluding hydrogens is 260 g/mol. The smallest absolute Gasteiger partial charge is 0.240 e. The minimum atomic E-state index is -0.0217. The maximum absolute atomic E-state index is 11.2. The van der Waals surface area contributed by atoms with Gasteiger partial charge in [0.2, 0.25) is 5.91 Å². The van der Waals surface area contributed by atoms with E-state index in [1.54, 1.807) is 18.4 Å². The zero-order valence-electron chi connectivity index (χ0n) is 11.6. The Balaban J connectivity index is 2.33. The molecule has 1 unspecified atom stereocenters. The number of ether oxygens (including phenoxy) is 1. The Morgan fingerprint density at radius 3 is 3.00 bits per heavy atom. The summed E-state index contributed by atoms with van der Waals surface area (Å²) in [7, 11) is 1.68. The average Bonchev–Trinajstić information content (AvgIpc) is 2.74. The first-order chi connectivity index (χ1) is 9.02. The number of amides is 1. The van der Waals surface area contributed by atoms with Gasteiger partial charge in [-0.05, 0) is 36.4 Å². The number of hydrazone groups is 1. The molecule has 102 valence electrons. The zero-order chi connectivity index (χ0) is 14.0. The summed E-state index contributed by atoms with van der Waals surface area (Å²) in [6, 6.07) is 0. The third-order valence-electron chi connectivity index (χ3n) is 3.19. The molecule has 0 aliphatic carbocycles. The van der Waals surface area contributed by atoms with E-state index in [4.69, 9.17) is 4.74 Å². The Kier molecular flexibility index (Phi) is 4.04. The molecule has 0 saturated heterocycles. The van der Waals surface area contributed by atoms with Gasteiger partial charge in [0.05, 0.1) is 12.8 Å². The molecule has 1 amide bonds. The fourth-order valence-electron chi connectivity index (χ4n) is 2.18. The minimum Gasteiger partial charge on any atom is -0.487 e. The molecule has 1 aliphatic rings. The van der Waals surface area contributed by atoms with Crippen LogP contribution in [0.4, 0.5) is 0 Å². The SMILES string of the molecule is COc1scc(C)c1C(C)=CC1=NNC(=O)CC1C. The van der Waals surface area contributed by atoms with Crippen LogP contribution in [-0.4, -0.2) is 18.7 Å². The number of carbonyl (C=O) groups excluding carboxylic acids is 1. The lowest BCUT2D eigenvalue weighted by Crippen LogP contribution is -2.30. The lowest BCUT2D eigenvalue weighted by atomic mass is 9.96. The van der Waals surface area contributed by atoms with Gasteiger partial charge in [0.25, 0.3) is 0 Å². The number of rotatable bonds is 3. The molecule has 0 spiro atoms. The second kappa shape index (κ2) is 5.57. The molecule has 1 aliphatic heterocycles. The largest absolute Gasteiger partial charge is 0.487 e. The fourth-order valence-corrected chi connectivity index (χ4v) is 3.11. The van der Waals surface area contributed by atoms with E-state index in [0.717, 1.165) is 21.9 Å². The summed E-state index contributed by atoms with van der Waals surface area (Å²) in [5, 5.41) is 7.13. The zero-order valence-corrected chi connectivity index (χ0v) is 12.4. The third kappa shape index (κ3) is 2.87. The van der Waals surface area contributed by atoms with Crippen LogP contribution in [0.1, 0.15) is 31.4 Å². The van der Waals surface area contributed by atoms with Gasteiger partial charge in [-0.2, -0.15) is 5.10 Å². The van der Waals surface area contributed by atoms with Crippen molar-refractivity contribution < 1.29 is 9.53 Å². The highest BCUT2D eigenvalue weighted by Crippen LogP contribution is 2.35. The first-order valence-electron chi connectivity index (χ1n) is 6.20. The summed E-state index contributed by atoms with van der Waals surface area (Å²) in [6.07, 6.45) is 2.52. The van der Waals surface area contributed by atoms with E-state index in [-0.39, 0.29) is 11.8 Å². The van der Waals surface area contributed by atoms with E-state index in [1.165, 1.54) is 5.56 Å². The van der Waals surface area contributed by atoms with E-state index >= 15 is 0 Å². The Labute approximate surface area is 117 Å². The van der Waals surface area contributed by atoms with Gasteiger partial charge in [-0.15, -0.1) is 11.3 Å². The Morgan fingerprint density at radius 1 is 1.63 bits per heavy atom. The minimum absolute atomic E-state index is 0.0217. The summed E-state index contributed by atoms with van der Waals surface area (Å²) in [6.45, 7) is 6.13. The monoisotopic (exact) mass is 278 g/mol. The highest BCUT2D eigenvalue weighted by atomic mass is 32.1. The third-order valence-corrected chi connectivity index (χ3v) is 4.25. The number of allylic oxidation sites excluding steroid dienone is 2. The lowest BCUT2D eigenvalue weighted by molar-refractivity contribution is -0.121. The molecule has 2 rings (SSSR count). The molecule has 5 heteroatoms. The quantitative estimate of drug-likeness (QED) is 0.924. The number of aryl methyl sites for hydroxylation is 1. The topological polar surface area (TPSA) is 50.7 Å². The van der Waals surface area contributed by atoms with E-state index < -0.39 is 0 Å². The van der Waals surface area contributed by atoms with Crippen molar-refractivity contribution in [3.8, 4) is 5.06 Å². The molecule has 19 heavy (non-hydrogen) atoms. The number of nitrogens with zero attached hydrogens (tertiary/aromatic N) is 1. The van der Waals surface area contributed by atoms with Gasteiger partial charge in [-0.1, -0.05) is 6.92 Å². The van der Waals surface area contributed by atoms with Gasteiger partial charge in [0, 0.05) is 17.9 Å². The van der Waals surface area contributed by atoms with Crippen LogP contribution >= 0.6 is 11.3 Å². The second-order valence-electron chi connectivity index (χ2n) is 4.79. The molecule has 0 aromatic carbocycles. The summed E-state index contributed by atoms with van der Waals surface area (Å²) in [4.78, 5) is 11.2. The highest BCUT2D eigenvalue weighted by molar-refractivity contribution is 7.12. The first kappa shape index (κ1) is 13.8. The van der Waals surface area contributed by atoms with Crippen molar-refractivity contribution >= 4 is 28.5 Å². The van der Waals surface area contributed by atoms with Crippen LogP contribution in [0.15, 0.2) is 16.6 Å². The Bertz CT molecular complexity index is 558. The fraction of sp³-hybridized carbons (Fsp3) is 0.429. The number of carbonyl (C=O) groups is 1. The van der Waals surface area contributed by atoms with E-state index in [2.05, 4.69) is 22.8 Å². The number of nitrogens with one attached hydrogen (secondary N) is 1. The number of hydrogen-bond acceptors (Lipinski definition) is 4. The molecular formula is C14H18N2O2S. The molecule has 0 fully saturated rings. The van der Waals surface area contributed by atoms with Crippen molar-refractivity contribution in [3.63, 3.8) is 0 Å². The summed E-state index contributed by atoms with van der Waals surface area (Å²) < 4.78 is 5.39. The summed E-state index contributed by atoms with van der Waals surface area (Å²) in [5.41, 5.74) is 6.87. The van der Waals surface area contributed by atoms with E-state index in [0.29, 0.717) is 6.42 Å². The molecule has 2 heterocycles. The predicted molar refractivity (Wildman–Crippen MR) is 78.6 cm³/mol. The Morgan fingerprint density at radius 2 is 2.37 bits per heavy atom. The summed E-state index contributed by atoms with van der Waals surface area (Å²) in [5.74, 6) is 0.125. The van der Waals surface area contributed by atoms with Crippen molar-refractivity contribution in [1.82, 2.24) is 5.43 Å². The van der Waals surface area contributed by atoms with Crippen LogP contribution in [0, 0.1) is 12.8 Å². The normalized spacial score (nSPS) is 20.0. The number of methoxy groups -OCH3 is 1. The van der Waals surface area contributed by atoms with Crippen LogP contribution in [-0.2, 0) is 4.79 Å². The van der Waals surface area contributed by atoms with Crippen molar-refractivity contribution in [1.29, 1.82) is 0 Å². The van der Waals surface area contributed by atoms with Crippen LogP contribution < -0.4 is 10.2 Å². The highest BCUT2D eigenvalue weighted by Gasteiger charge is 2.20. The standard InChI is InChI=1S/C14H18N2O2S/c1-8-6-12(17)16-15-11(8)5-9(2)13-10(3)7-19-14(13)18-4/h5,7-8H,6H2,1-4H3,(H,16,17). The maximum Gasteiger partial charge on any atom is 0.240 e. The first-order valence-corrected chi connectivity index (χ1v) is 7.08. The Hall–Kier alpha value is -1.62. The molecule has 1 aromatic heterocycles. The van der Waals surface area contributed by atoms with Crippen molar-refractivity contribution in [2.24, 2.45) is 11.0 Å². The molecule has 1 aromatic rings. The van der Waals surface area contributed by atoms with Crippen LogP contribution in [0.25, 0.3) is 5.57 Å². The number of hydrogen-bond donors (Lipinski definition) is 1. The van der Waals surface area contributed by atoms with Crippen LogP contribution in [0.5, 0.6) is 5.06 Å². The van der Waals surface area contributed by atoms with Gasteiger partial charge in [0.15, 0.2) is 5.06 Å². The number of thiophene rings is 1. The van der Waals surface area contributed by atoms with Gasteiger partial charge >= 0.3 is 0 Å². The van der Waals surface area contributed by atoms with Crippen molar-refractivity contribution in [2.45, 2.75) is 27.2 Å². The maximum atomic E-state index is 11.2. The van der Waals surface area contributed by atoms with Gasteiger partial charge in [-0.3, -0.25) is 4.79 Å².